The van der Waals surface area contributed by atoms with Crippen molar-refractivity contribution in [2.24, 2.45) is 0 Å². The van der Waals surface area contributed by atoms with Crippen molar-refractivity contribution in [2.45, 2.75) is 18.7 Å². The third kappa shape index (κ3) is 1.64. The van der Waals surface area contributed by atoms with Gasteiger partial charge >= 0.3 is 0 Å². The SMILES string of the molecule is Cc1oc2ccccc2c1C1NCCCS1. The van der Waals surface area contributed by atoms with Gasteiger partial charge in [0, 0.05) is 10.9 Å². The Morgan fingerprint density at radius 1 is 1.38 bits per heavy atom. The first-order valence-electron chi connectivity index (χ1n) is 5.69. The smallest absolute Gasteiger partial charge is 0.134 e. The Bertz CT molecular complexity index is 500. The number of nitrogens with one attached hydrogen (secondary N) is 1. The molecular formula is C13H15NOS. The Labute approximate surface area is 99.4 Å². The lowest BCUT2D eigenvalue weighted by molar-refractivity contribution is 0.560. The van der Waals surface area contributed by atoms with Crippen LogP contribution in [0.5, 0.6) is 0 Å². The third-order valence-corrected chi connectivity index (χ3v) is 4.28. The van der Waals surface area contributed by atoms with E-state index in [4.69, 9.17) is 4.42 Å². The molecule has 1 aromatic heterocycles. The molecule has 1 N–H and O–H groups in total. The van der Waals surface area contributed by atoms with E-state index in [0.717, 1.165) is 17.9 Å². The molecule has 0 bridgehead atoms. The van der Waals surface area contributed by atoms with Gasteiger partial charge in [0.15, 0.2) is 0 Å². The van der Waals surface area contributed by atoms with Crippen molar-refractivity contribution in [3.8, 4) is 0 Å². The average molecular weight is 233 g/mol. The van der Waals surface area contributed by atoms with E-state index in [2.05, 4.69) is 24.4 Å². The van der Waals surface area contributed by atoms with Crippen molar-refractivity contribution in [2.75, 3.05) is 12.3 Å². The second-order valence-corrected chi connectivity index (χ2v) is 5.34. The van der Waals surface area contributed by atoms with Crippen LogP contribution in [-0.2, 0) is 0 Å². The van der Waals surface area contributed by atoms with Gasteiger partial charge in [-0.15, -0.1) is 11.8 Å². The molecule has 1 aliphatic rings. The minimum atomic E-state index is 0.400. The minimum absolute atomic E-state index is 0.400. The van der Waals surface area contributed by atoms with Gasteiger partial charge in [-0.25, -0.2) is 0 Å². The van der Waals surface area contributed by atoms with Crippen LogP contribution >= 0.6 is 11.8 Å². The van der Waals surface area contributed by atoms with Gasteiger partial charge in [0.25, 0.3) is 0 Å². The molecule has 1 saturated heterocycles. The Morgan fingerprint density at radius 2 is 2.25 bits per heavy atom. The molecule has 1 aliphatic heterocycles. The maximum absolute atomic E-state index is 5.80. The average Bonchev–Trinajstić information content (AvgIpc) is 2.66. The summed E-state index contributed by atoms with van der Waals surface area (Å²) in [5.41, 5.74) is 2.34. The van der Waals surface area contributed by atoms with Gasteiger partial charge in [0.2, 0.25) is 0 Å². The first-order valence-corrected chi connectivity index (χ1v) is 6.74. The van der Waals surface area contributed by atoms with Crippen LogP contribution < -0.4 is 5.32 Å². The predicted octanol–water partition coefficient (Wildman–Crippen LogP) is 3.47. The Balaban J connectivity index is 2.10. The van der Waals surface area contributed by atoms with E-state index >= 15 is 0 Å². The van der Waals surface area contributed by atoms with E-state index in [1.807, 2.05) is 23.9 Å². The summed E-state index contributed by atoms with van der Waals surface area (Å²) in [6.07, 6.45) is 1.26. The molecular weight excluding hydrogens is 218 g/mol. The monoisotopic (exact) mass is 233 g/mol. The van der Waals surface area contributed by atoms with E-state index in [-0.39, 0.29) is 0 Å². The molecule has 3 rings (SSSR count). The number of hydrogen-bond acceptors (Lipinski definition) is 3. The number of rotatable bonds is 1. The van der Waals surface area contributed by atoms with Crippen LogP contribution in [0.25, 0.3) is 11.0 Å². The van der Waals surface area contributed by atoms with E-state index in [1.165, 1.54) is 23.1 Å². The summed E-state index contributed by atoms with van der Waals surface area (Å²) in [5, 5.41) is 5.21. The van der Waals surface area contributed by atoms with Crippen LogP contribution in [0.3, 0.4) is 0 Å². The highest BCUT2D eigenvalue weighted by Crippen LogP contribution is 2.37. The van der Waals surface area contributed by atoms with E-state index in [1.54, 1.807) is 0 Å². The summed E-state index contributed by atoms with van der Waals surface area (Å²) < 4.78 is 5.80. The zero-order chi connectivity index (χ0) is 11.0. The van der Waals surface area contributed by atoms with E-state index < -0.39 is 0 Å². The summed E-state index contributed by atoms with van der Waals surface area (Å²) >= 11 is 1.98. The van der Waals surface area contributed by atoms with Gasteiger partial charge < -0.3 is 9.73 Å². The quantitative estimate of drug-likeness (QED) is 0.816. The Morgan fingerprint density at radius 3 is 3.06 bits per heavy atom. The summed E-state index contributed by atoms with van der Waals surface area (Å²) in [5.74, 6) is 2.28. The van der Waals surface area contributed by atoms with Gasteiger partial charge in [-0.2, -0.15) is 0 Å². The molecule has 3 heteroatoms. The first kappa shape index (κ1) is 10.2. The van der Waals surface area contributed by atoms with Crippen molar-refractivity contribution < 1.29 is 4.42 Å². The van der Waals surface area contributed by atoms with E-state index in [0.29, 0.717) is 5.37 Å². The van der Waals surface area contributed by atoms with Crippen molar-refractivity contribution in [1.29, 1.82) is 0 Å². The number of furan rings is 1. The number of hydrogen-bond donors (Lipinski definition) is 1. The topological polar surface area (TPSA) is 25.2 Å². The van der Waals surface area contributed by atoms with Gasteiger partial charge in [0.1, 0.15) is 11.3 Å². The van der Waals surface area contributed by atoms with Crippen molar-refractivity contribution in [3.63, 3.8) is 0 Å². The molecule has 0 saturated carbocycles. The zero-order valence-electron chi connectivity index (χ0n) is 9.32. The van der Waals surface area contributed by atoms with Gasteiger partial charge in [-0.05, 0) is 31.7 Å². The van der Waals surface area contributed by atoms with Crippen molar-refractivity contribution >= 4 is 22.7 Å². The maximum Gasteiger partial charge on any atom is 0.134 e. The van der Waals surface area contributed by atoms with Crippen molar-refractivity contribution in [1.82, 2.24) is 5.32 Å². The predicted molar refractivity (Wildman–Crippen MR) is 68.8 cm³/mol. The number of benzene rings is 1. The number of para-hydroxylation sites is 1. The summed E-state index contributed by atoms with van der Waals surface area (Å²) in [6.45, 7) is 3.17. The first-order chi connectivity index (χ1) is 7.86. The molecule has 84 valence electrons. The third-order valence-electron chi connectivity index (χ3n) is 3.02. The van der Waals surface area contributed by atoms with Crippen LogP contribution in [-0.4, -0.2) is 12.3 Å². The van der Waals surface area contributed by atoms with Gasteiger partial charge in [0.05, 0.1) is 5.37 Å². The lowest BCUT2D eigenvalue weighted by Crippen LogP contribution is -2.25. The summed E-state index contributed by atoms with van der Waals surface area (Å²) in [6, 6.07) is 8.29. The highest BCUT2D eigenvalue weighted by atomic mass is 32.2. The molecule has 0 spiro atoms. The lowest BCUT2D eigenvalue weighted by atomic mass is 10.1. The molecule has 1 unspecified atom stereocenters. The Kier molecular flexibility index (Phi) is 2.65. The molecule has 2 heterocycles. The highest BCUT2D eigenvalue weighted by Gasteiger charge is 2.22. The van der Waals surface area contributed by atoms with Crippen LogP contribution in [0.4, 0.5) is 0 Å². The molecule has 1 atom stereocenters. The second-order valence-electron chi connectivity index (χ2n) is 4.13. The molecule has 1 fully saturated rings. The fraction of sp³-hybridized carbons (Fsp3) is 0.385. The van der Waals surface area contributed by atoms with Crippen LogP contribution in [0, 0.1) is 6.92 Å². The summed E-state index contributed by atoms with van der Waals surface area (Å²) in [4.78, 5) is 0. The fourth-order valence-electron chi connectivity index (χ4n) is 2.26. The summed E-state index contributed by atoms with van der Waals surface area (Å²) in [7, 11) is 0. The zero-order valence-corrected chi connectivity index (χ0v) is 10.1. The minimum Gasteiger partial charge on any atom is -0.461 e. The molecule has 0 aliphatic carbocycles. The van der Waals surface area contributed by atoms with E-state index in [9.17, 15) is 0 Å². The fourth-order valence-corrected chi connectivity index (χ4v) is 3.51. The molecule has 1 aromatic carbocycles. The Hall–Kier alpha value is -0.930. The molecule has 0 amide bonds. The molecule has 0 radical (unpaired) electrons. The van der Waals surface area contributed by atoms with Crippen LogP contribution in [0.1, 0.15) is 23.1 Å². The normalized spacial score (nSPS) is 21.4. The number of thioether (sulfide) groups is 1. The van der Waals surface area contributed by atoms with Crippen LogP contribution in [0.15, 0.2) is 28.7 Å². The van der Waals surface area contributed by atoms with Gasteiger partial charge in [-0.1, -0.05) is 18.2 Å². The van der Waals surface area contributed by atoms with Crippen molar-refractivity contribution in [3.05, 3.63) is 35.6 Å². The van der Waals surface area contributed by atoms with Gasteiger partial charge in [-0.3, -0.25) is 0 Å². The second kappa shape index (κ2) is 4.15. The lowest BCUT2D eigenvalue weighted by Gasteiger charge is -2.23. The maximum atomic E-state index is 5.80. The number of fused-ring (bicyclic) bond motifs is 1. The highest BCUT2D eigenvalue weighted by molar-refractivity contribution is 7.99. The molecule has 2 aromatic rings. The largest absolute Gasteiger partial charge is 0.461 e. The number of aryl methyl sites for hydroxylation is 1. The standard InChI is InChI=1S/C13H15NOS/c1-9-12(13-14-7-4-8-16-13)10-5-2-3-6-11(10)15-9/h2-3,5-6,13-14H,4,7-8H2,1H3. The molecule has 16 heavy (non-hydrogen) atoms. The molecule has 2 nitrogen and oxygen atoms in total. The van der Waals surface area contributed by atoms with Crippen LogP contribution in [0.2, 0.25) is 0 Å².